The number of halogens is 1. The SMILES string of the molecule is O=C(Nc1ccccc1F)c1c2c(nc3ccccc13)CCCC2. The summed E-state index contributed by atoms with van der Waals surface area (Å²) >= 11 is 0. The van der Waals surface area contributed by atoms with Crippen LogP contribution in [0.25, 0.3) is 10.9 Å². The molecule has 1 aliphatic carbocycles. The second kappa shape index (κ2) is 6.04. The van der Waals surface area contributed by atoms with Crippen LogP contribution in [-0.4, -0.2) is 10.9 Å². The number of benzene rings is 2. The Morgan fingerprint density at radius 3 is 2.62 bits per heavy atom. The van der Waals surface area contributed by atoms with E-state index in [-0.39, 0.29) is 11.6 Å². The smallest absolute Gasteiger partial charge is 0.256 e. The maximum atomic E-state index is 13.9. The van der Waals surface area contributed by atoms with Crippen molar-refractivity contribution in [1.29, 1.82) is 0 Å². The number of rotatable bonds is 2. The molecule has 0 atom stereocenters. The number of pyridine rings is 1. The number of amides is 1. The minimum absolute atomic E-state index is 0.202. The zero-order valence-electron chi connectivity index (χ0n) is 13.2. The van der Waals surface area contributed by atoms with E-state index in [1.165, 1.54) is 6.07 Å². The number of aryl methyl sites for hydroxylation is 1. The van der Waals surface area contributed by atoms with Crippen LogP contribution < -0.4 is 5.32 Å². The van der Waals surface area contributed by atoms with Crippen molar-refractivity contribution < 1.29 is 9.18 Å². The molecule has 1 aromatic heterocycles. The first-order chi connectivity index (χ1) is 11.7. The molecule has 0 saturated carbocycles. The highest BCUT2D eigenvalue weighted by molar-refractivity contribution is 6.13. The molecule has 0 aliphatic heterocycles. The highest BCUT2D eigenvalue weighted by Gasteiger charge is 2.23. The molecule has 3 nitrogen and oxygen atoms in total. The number of carbonyl (C=O) groups is 1. The van der Waals surface area contributed by atoms with Gasteiger partial charge in [-0.3, -0.25) is 9.78 Å². The van der Waals surface area contributed by atoms with Gasteiger partial charge < -0.3 is 5.32 Å². The molecular weight excluding hydrogens is 303 g/mol. The van der Waals surface area contributed by atoms with E-state index in [0.717, 1.165) is 47.8 Å². The molecule has 0 saturated heterocycles. The molecule has 1 amide bonds. The molecule has 0 fully saturated rings. The maximum absolute atomic E-state index is 13.9. The lowest BCUT2D eigenvalue weighted by Gasteiger charge is -2.20. The minimum Gasteiger partial charge on any atom is -0.319 e. The van der Waals surface area contributed by atoms with E-state index < -0.39 is 5.82 Å². The molecule has 0 spiro atoms. The number of hydrogen-bond acceptors (Lipinski definition) is 2. The molecule has 1 heterocycles. The van der Waals surface area contributed by atoms with Gasteiger partial charge in [-0.1, -0.05) is 30.3 Å². The number of nitrogens with one attached hydrogen (secondary N) is 1. The van der Waals surface area contributed by atoms with Gasteiger partial charge in [0.1, 0.15) is 5.82 Å². The summed E-state index contributed by atoms with van der Waals surface area (Å²) in [6.45, 7) is 0. The first-order valence-electron chi connectivity index (χ1n) is 8.20. The fourth-order valence-electron chi connectivity index (χ4n) is 3.38. The number of aromatic nitrogens is 1. The van der Waals surface area contributed by atoms with Crippen molar-refractivity contribution in [2.24, 2.45) is 0 Å². The second-order valence-corrected chi connectivity index (χ2v) is 6.07. The number of fused-ring (bicyclic) bond motifs is 2. The van der Waals surface area contributed by atoms with Crippen LogP contribution in [0.3, 0.4) is 0 Å². The van der Waals surface area contributed by atoms with Gasteiger partial charge in [0, 0.05) is 11.1 Å². The summed E-state index contributed by atoms with van der Waals surface area (Å²) in [5, 5.41) is 3.55. The van der Waals surface area contributed by atoms with Crippen molar-refractivity contribution in [2.75, 3.05) is 5.32 Å². The summed E-state index contributed by atoms with van der Waals surface area (Å²) in [5.41, 5.74) is 3.66. The van der Waals surface area contributed by atoms with E-state index in [0.29, 0.717) is 5.56 Å². The second-order valence-electron chi connectivity index (χ2n) is 6.07. The van der Waals surface area contributed by atoms with Crippen LogP contribution in [0.1, 0.15) is 34.5 Å². The summed E-state index contributed by atoms with van der Waals surface area (Å²) in [6, 6.07) is 13.9. The third-order valence-corrected chi connectivity index (χ3v) is 4.52. The Bertz CT molecular complexity index is 936. The number of hydrogen-bond donors (Lipinski definition) is 1. The van der Waals surface area contributed by atoms with Gasteiger partial charge in [-0.25, -0.2) is 4.39 Å². The molecule has 0 bridgehead atoms. The monoisotopic (exact) mass is 320 g/mol. The number of carbonyl (C=O) groups excluding carboxylic acids is 1. The molecule has 1 N–H and O–H groups in total. The lowest BCUT2D eigenvalue weighted by molar-refractivity contribution is 0.102. The Hall–Kier alpha value is -2.75. The van der Waals surface area contributed by atoms with Crippen LogP contribution >= 0.6 is 0 Å². The molecule has 120 valence electrons. The van der Waals surface area contributed by atoms with Crippen molar-refractivity contribution in [2.45, 2.75) is 25.7 Å². The van der Waals surface area contributed by atoms with Crippen LogP contribution in [0.5, 0.6) is 0 Å². The quantitative estimate of drug-likeness (QED) is 0.755. The Morgan fingerprint density at radius 1 is 1.00 bits per heavy atom. The third-order valence-electron chi connectivity index (χ3n) is 4.52. The number of anilines is 1. The Morgan fingerprint density at radius 2 is 1.75 bits per heavy atom. The zero-order valence-corrected chi connectivity index (χ0v) is 13.2. The summed E-state index contributed by atoms with van der Waals surface area (Å²) in [5.74, 6) is -0.699. The highest BCUT2D eigenvalue weighted by Crippen LogP contribution is 2.30. The maximum Gasteiger partial charge on any atom is 0.256 e. The largest absolute Gasteiger partial charge is 0.319 e. The van der Waals surface area contributed by atoms with Gasteiger partial charge >= 0.3 is 0 Å². The molecule has 0 radical (unpaired) electrons. The van der Waals surface area contributed by atoms with Crippen LogP contribution in [0.15, 0.2) is 48.5 Å². The number of nitrogens with zero attached hydrogens (tertiary/aromatic N) is 1. The first kappa shape index (κ1) is 14.8. The molecule has 3 aromatic rings. The van der Waals surface area contributed by atoms with E-state index in [9.17, 15) is 9.18 Å². The van der Waals surface area contributed by atoms with E-state index in [4.69, 9.17) is 4.98 Å². The van der Waals surface area contributed by atoms with Crippen molar-refractivity contribution in [1.82, 2.24) is 4.98 Å². The number of para-hydroxylation sites is 2. The Kier molecular flexibility index (Phi) is 3.73. The van der Waals surface area contributed by atoms with Crippen LogP contribution in [0.2, 0.25) is 0 Å². The van der Waals surface area contributed by atoms with Crippen LogP contribution in [0.4, 0.5) is 10.1 Å². The minimum atomic E-state index is -0.432. The standard InChI is InChI=1S/C20H17FN2O/c21-15-9-3-6-12-18(15)23-20(24)19-13-7-1-4-10-16(13)22-17-11-5-2-8-14(17)19/h1,3-4,6-7,9-10,12H,2,5,8,11H2,(H,23,24). The average molecular weight is 320 g/mol. The van der Waals surface area contributed by atoms with Crippen LogP contribution in [0, 0.1) is 5.82 Å². The molecule has 2 aromatic carbocycles. The summed E-state index contributed by atoms with van der Waals surface area (Å²) in [6.07, 6.45) is 3.87. The zero-order chi connectivity index (χ0) is 16.5. The van der Waals surface area contributed by atoms with Gasteiger partial charge in [-0.15, -0.1) is 0 Å². The Labute approximate surface area is 139 Å². The molecule has 4 rings (SSSR count). The van der Waals surface area contributed by atoms with Gasteiger partial charge in [0.15, 0.2) is 0 Å². The van der Waals surface area contributed by atoms with Gasteiger partial charge in [0.05, 0.1) is 16.8 Å². The van der Waals surface area contributed by atoms with Crippen molar-refractivity contribution >= 4 is 22.5 Å². The van der Waals surface area contributed by atoms with Crippen molar-refractivity contribution in [3.63, 3.8) is 0 Å². The highest BCUT2D eigenvalue weighted by atomic mass is 19.1. The normalized spacial score (nSPS) is 13.5. The topological polar surface area (TPSA) is 42.0 Å². The lowest BCUT2D eigenvalue weighted by Crippen LogP contribution is -2.19. The predicted octanol–water partition coefficient (Wildman–Crippen LogP) is 4.51. The summed E-state index contributed by atoms with van der Waals surface area (Å²) in [7, 11) is 0. The average Bonchev–Trinajstić information content (AvgIpc) is 2.61. The van der Waals surface area contributed by atoms with E-state index >= 15 is 0 Å². The molecule has 4 heteroatoms. The van der Waals surface area contributed by atoms with Gasteiger partial charge in [-0.05, 0) is 49.4 Å². The van der Waals surface area contributed by atoms with Gasteiger partial charge in [-0.2, -0.15) is 0 Å². The fourth-order valence-corrected chi connectivity index (χ4v) is 3.38. The third kappa shape index (κ3) is 2.54. The van der Waals surface area contributed by atoms with E-state index in [2.05, 4.69) is 5.32 Å². The molecule has 1 aliphatic rings. The van der Waals surface area contributed by atoms with Crippen LogP contribution in [-0.2, 0) is 12.8 Å². The summed E-state index contributed by atoms with van der Waals surface area (Å²) in [4.78, 5) is 17.7. The molecule has 24 heavy (non-hydrogen) atoms. The molecular formula is C20H17FN2O. The Balaban J connectivity index is 1.85. The summed E-state index contributed by atoms with van der Waals surface area (Å²) < 4.78 is 13.9. The van der Waals surface area contributed by atoms with Crippen molar-refractivity contribution in [3.05, 3.63) is 71.2 Å². The van der Waals surface area contributed by atoms with Gasteiger partial charge in [0.25, 0.3) is 5.91 Å². The fraction of sp³-hybridized carbons (Fsp3) is 0.200. The first-order valence-corrected chi connectivity index (χ1v) is 8.20. The lowest BCUT2D eigenvalue weighted by atomic mass is 9.89. The van der Waals surface area contributed by atoms with Crippen molar-refractivity contribution in [3.8, 4) is 0 Å². The predicted molar refractivity (Wildman–Crippen MR) is 92.7 cm³/mol. The van der Waals surface area contributed by atoms with E-state index in [1.807, 2.05) is 24.3 Å². The van der Waals surface area contributed by atoms with E-state index in [1.54, 1.807) is 18.2 Å². The van der Waals surface area contributed by atoms with Gasteiger partial charge in [0.2, 0.25) is 0 Å². The molecule has 0 unspecified atom stereocenters.